The molecule has 1 aromatic rings. The Balaban J connectivity index is 1.38. The van der Waals surface area contributed by atoms with Gasteiger partial charge < -0.3 is 69.6 Å². The Labute approximate surface area is 233 Å². The van der Waals surface area contributed by atoms with Crippen LogP contribution < -0.4 is 0 Å². The van der Waals surface area contributed by atoms with E-state index in [0.717, 1.165) is 6.08 Å². The highest BCUT2D eigenvalue weighted by Gasteiger charge is 2.48. The van der Waals surface area contributed by atoms with Crippen molar-refractivity contribution in [2.24, 2.45) is 0 Å². The number of allylic oxidation sites excluding steroid dienone is 2. The van der Waals surface area contributed by atoms with Crippen molar-refractivity contribution in [3.63, 3.8) is 0 Å². The van der Waals surface area contributed by atoms with Crippen LogP contribution in [0.1, 0.15) is 12.5 Å². The smallest absolute Gasteiger partial charge is 0.229 e. The number of benzene rings is 1. The summed E-state index contributed by atoms with van der Waals surface area (Å²) in [5, 5.41) is 91.9. The Hall–Kier alpha value is -3.18. The molecule has 3 heterocycles. The van der Waals surface area contributed by atoms with Gasteiger partial charge in [0.1, 0.15) is 66.1 Å². The molecule has 1 aromatic carbocycles. The summed E-state index contributed by atoms with van der Waals surface area (Å²) in [6.07, 6.45) is -12.0. The van der Waals surface area contributed by atoms with Crippen molar-refractivity contribution >= 4 is 5.76 Å². The lowest BCUT2D eigenvalue weighted by atomic mass is 9.96. The number of rotatable bonds is 6. The summed E-state index contributed by atoms with van der Waals surface area (Å²) in [6.45, 7) is 0.979. The first-order valence-corrected chi connectivity index (χ1v) is 12.9. The minimum absolute atomic E-state index is 0.0193. The van der Waals surface area contributed by atoms with Crippen LogP contribution in [-0.2, 0) is 23.7 Å². The number of hydrogen-bond acceptors (Lipinski definition) is 14. The van der Waals surface area contributed by atoms with Crippen LogP contribution in [0, 0.1) is 0 Å². The SMILES string of the molecule is CC1OC(OCC2OC(OC3=C(c4ccc(O)cc4)OC4C=C(O)C=C(O)C4=C3)C(O)C(O)C2O)C(O)C(O)C1O. The molecule has 0 saturated carbocycles. The highest BCUT2D eigenvalue weighted by molar-refractivity contribution is 5.68. The highest BCUT2D eigenvalue weighted by Crippen LogP contribution is 2.38. The largest absolute Gasteiger partial charge is 0.508 e. The van der Waals surface area contributed by atoms with Crippen LogP contribution in [-0.4, -0.2) is 120 Å². The maximum atomic E-state index is 10.7. The average molecular weight is 581 g/mol. The Bertz CT molecular complexity index is 1240. The molecular formula is C27H32O14. The van der Waals surface area contributed by atoms with E-state index in [0.29, 0.717) is 5.56 Å². The van der Waals surface area contributed by atoms with Gasteiger partial charge in [-0.25, -0.2) is 0 Å². The van der Waals surface area contributed by atoms with Gasteiger partial charge in [0.05, 0.1) is 12.7 Å². The molecule has 11 unspecified atom stereocenters. The first-order chi connectivity index (χ1) is 19.4. The van der Waals surface area contributed by atoms with Gasteiger partial charge in [-0.05, 0) is 37.3 Å². The van der Waals surface area contributed by atoms with Gasteiger partial charge in [-0.15, -0.1) is 0 Å². The van der Waals surface area contributed by atoms with E-state index in [1.54, 1.807) is 0 Å². The minimum Gasteiger partial charge on any atom is -0.508 e. The molecule has 41 heavy (non-hydrogen) atoms. The molecule has 2 saturated heterocycles. The minimum atomic E-state index is -1.77. The molecular weight excluding hydrogens is 548 g/mol. The molecule has 0 radical (unpaired) electrons. The molecule has 14 heteroatoms. The van der Waals surface area contributed by atoms with Crippen molar-refractivity contribution in [1.82, 2.24) is 0 Å². The van der Waals surface area contributed by atoms with Crippen LogP contribution in [0.5, 0.6) is 5.75 Å². The molecule has 3 aliphatic heterocycles. The number of phenolic OH excluding ortho intramolecular Hbond substituents is 1. The number of aliphatic hydroxyl groups is 8. The van der Waals surface area contributed by atoms with E-state index in [2.05, 4.69) is 0 Å². The standard InChI is InChI=1S/C27H32O14/c1-10-19(31)21(33)23(35)26(38-10)37-9-18-20(32)22(34)24(36)27(41-18)40-17-8-14-15(30)6-13(29)7-16(14)39-25(17)11-2-4-12(28)5-3-11/h2-8,10,16,18-24,26-36H,9H2,1H3. The monoisotopic (exact) mass is 580 g/mol. The number of aromatic hydroxyl groups is 1. The van der Waals surface area contributed by atoms with E-state index in [1.165, 1.54) is 43.3 Å². The van der Waals surface area contributed by atoms with Crippen LogP contribution in [0.15, 0.2) is 65.3 Å². The van der Waals surface area contributed by atoms with E-state index < -0.39 is 74.1 Å². The highest BCUT2D eigenvalue weighted by atomic mass is 16.7. The maximum absolute atomic E-state index is 10.7. The zero-order valence-electron chi connectivity index (χ0n) is 21.7. The quantitative estimate of drug-likeness (QED) is 0.196. The fraction of sp³-hybridized carbons (Fsp3) is 0.481. The molecule has 4 aliphatic rings. The Morgan fingerprint density at radius 2 is 1.41 bits per heavy atom. The average Bonchev–Trinajstić information content (AvgIpc) is 2.94. The Morgan fingerprint density at radius 3 is 2.12 bits per heavy atom. The van der Waals surface area contributed by atoms with E-state index in [1.807, 2.05) is 0 Å². The third-order valence-electron chi connectivity index (χ3n) is 7.24. The second kappa shape index (κ2) is 11.6. The molecule has 5 rings (SSSR count). The third kappa shape index (κ3) is 5.79. The molecule has 0 spiro atoms. The van der Waals surface area contributed by atoms with Crippen molar-refractivity contribution in [1.29, 1.82) is 0 Å². The first-order valence-electron chi connectivity index (χ1n) is 12.9. The van der Waals surface area contributed by atoms with Gasteiger partial charge >= 0.3 is 0 Å². The molecule has 11 atom stereocenters. The predicted octanol–water partition coefficient (Wildman–Crippen LogP) is -1.05. The lowest BCUT2D eigenvalue weighted by Crippen LogP contribution is -2.61. The maximum Gasteiger partial charge on any atom is 0.229 e. The predicted molar refractivity (Wildman–Crippen MR) is 135 cm³/mol. The van der Waals surface area contributed by atoms with Gasteiger partial charge in [-0.3, -0.25) is 0 Å². The molecule has 0 aromatic heterocycles. The van der Waals surface area contributed by atoms with E-state index >= 15 is 0 Å². The summed E-state index contributed by atoms with van der Waals surface area (Å²) >= 11 is 0. The molecule has 1 aliphatic carbocycles. The summed E-state index contributed by atoms with van der Waals surface area (Å²) in [4.78, 5) is 0. The van der Waals surface area contributed by atoms with Gasteiger partial charge in [-0.2, -0.15) is 0 Å². The molecule has 2 fully saturated rings. The molecule has 0 bridgehead atoms. The third-order valence-corrected chi connectivity index (χ3v) is 7.24. The van der Waals surface area contributed by atoms with Gasteiger partial charge in [-0.1, -0.05) is 0 Å². The van der Waals surface area contributed by atoms with E-state index in [9.17, 15) is 46.0 Å². The molecule has 9 N–H and O–H groups in total. The van der Waals surface area contributed by atoms with Crippen molar-refractivity contribution < 1.29 is 69.6 Å². The Kier molecular flexibility index (Phi) is 8.29. The van der Waals surface area contributed by atoms with E-state index in [-0.39, 0.29) is 34.4 Å². The lowest BCUT2D eigenvalue weighted by Gasteiger charge is -2.42. The van der Waals surface area contributed by atoms with Crippen molar-refractivity contribution in [2.75, 3.05) is 6.61 Å². The number of ether oxygens (including phenoxy) is 5. The molecule has 14 nitrogen and oxygen atoms in total. The summed E-state index contributed by atoms with van der Waals surface area (Å²) < 4.78 is 28.5. The number of phenols is 1. The molecule has 0 amide bonds. The second-order valence-electron chi connectivity index (χ2n) is 10.1. The van der Waals surface area contributed by atoms with Gasteiger partial charge in [0.15, 0.2) is 17.8 Å². The second-order valence-corrected chi connectivity index (χ2v) is 10.1. The van der Waals surface area contributed by atoms with Crippen molar-refractivity contribution in [2.45, 2.75) is 74.4 Å². The zero-order chi connectivity index (χ0) is 29.6. The fourth-order valence-electron chi connectivity index (χ4n) is 4.84. The number of aliphatic hydroxyl groups excluding tert-OH is 8. The number of hydrogen-bond donors (Lipinski definition) is 9. The number of fused-ring (bicyclic) bond motifs is 1. The van der Waals surface area contributed by atoms with E-state index in [4.69, 9.17) is 23.7 Å². The van der Waals surface area contributed by atoms with Gasteiger partial charge in [0, 0.05) is 23.3 Å². The van der Waals surface area contributed by atoms with Crippen LogP contribution in [0.4, 0.5) is 0 Å². The van der Waals surface area contributed by atoms with Crippen molar-refractivity contribution in [3.05, 3.63) is 70.9 Å². The van der Waals surface area contributed by atoms with Crippen LogP contribution in [0.2, 0.25) is 0 Å². The van der Waals surface area contributed by atoms with Crippen LogP contribution >= 0.6 is 0 Å². The first kappa shape index (κ1) is 29.3. The van der Waals surface area contributed by atoms with Crippen molar-refractivity contribution in [3.8, 4) is 5.75 Å². The summed E-state index contributed by atoms with van der Waals surface area (Å²) in [6, 6.07) is 5.83. The zero-order valence-corrected chi connectivity index (χ0v) is 21.7. The normalized spacial score (nSPS) is 39.2. The summed E-state index contributed by atoms with van der Waals surface area (Å²) in [5.41, 5.74) is 0.628. The lowest BCUT2D eigenvalue weighted by molar-refractivity contribution is -0.323. The van der Waals surface area contributed by atoms with Crippen LogP contribution in [0.25, 0.3) is 5.76 Å². The fourth-order valence-corrected chi connectivity index (χ4v) is 4.84. The summed E-state index contributed by atoms with van der Waals surface area (Å²) in [5.74, 6) is -0.522. The van der Waals surface area contributed by atoms with Crippen LogP contribution in [0.3, 0.4) is 0 Å². The molecule has 224 valence electrons. The van der Waals surface area contributed by atoms with Gasteiger partial charge in [0.25, 0.3) is 0 Å². The summed E-state index contributed by atoms with van der Waals surface area (Å²) in [7, 11) is 0. The topological polar surface area (TPSA) is 228 Å². The Morgan fingerprint density at radius 1 is 0.756 bits per heavy atom. The van der Waals surface area contributed by atoms with Gasteiger partial charge in [0.2, 0.25) is 6.29 Å².